The van der Waals surface area contributed by atoms with E-state index in [0.717, 1.165) is 11.8 Å². The molecule has 1 heterocycles. The molecule has 0 saturated carbocycles. The van der Waals surface area contributed by atoms with E-state index in [-0.39, 0.29) is 22.3 Å². The number of benzene rings is 2. The van der Waals surface area contributed by atoms with Crippen molar-refractivity contribution < 1.29 is 23.9 Å². The number of ether oxygens (including phenoxy) is 2. The number of carbonyl (C=O) groups is 3. The van der Waals surface area contributed by atoms with Gasteiger partial charge in [-0.15, -0.1) is 0 Å². The number of hydrogen-bond acceptors (Lipinski definition) is 7. The summed E-state index contributed by atoms with van der Waals surface area (Å²) in [5.41, 5.74) is 1.20. The fourth-order valence-corrected chi connectivity index (χ4v) is 5.05. The van der Waals surface area contributed by atoms with E-state index in [0.29, 0.717) is 26.5 Å². The molecule has 1 aliphatic heterocycles. The predicted octanol–water partition coefficient (Wildman–Crippen LogP) is 4.22. The molecule has 0 bridgehead atoms. The minimum absolute atomic E-state index is 0.0881. The first-order valence-corrected chi connectivity index (χ1v) is 12.0. The van der Waals surface area contributed by atoms with E-state index < -0.39 is 23.7 Å². The molecule has 11 heteroatoms. The molecule has 2 aromatic rings. The van der Waals surface area contributed by atoms with Crippen LogP contribution >= 0.6 is 39.3 Å². The second-order valence-electron chi connectivity index (χ2n) is 7.06. The molecule has 2 amide bonds. The van der Waals surface area contributed by atoms with Crippen molar-refractivity contribution in [1.29, 1.82) is 5.26 Å². The van der Waals surface area contributed by atoms with Crippen LogP contribution in [0.4, 0.5) is 5.69 Å². The quantitative estimate of drug-likeness (QED) is 0.382. The molecule has 2 atom stereocenters. The average Bonchev–Trinajstić information content (AvgIpc) is 2.81. The van der Waals surface area contributed by atoms with E-state index >= 15 is 0 Å². The molecule has 1 aliphatic rings. The van der Waals surface area contributed by atoms with Crippen molar-refractivity contribution in [3.63, 3.8) is 0 Å². The number of halogens is 2. The zero-order chi connectivity index (χ0) is 24.8. The summed E-state index contributed by atoms with van der Waals surface area (Å²) < 4.78 is 10.7. The molecular weight excluding hydrogens is 546 g/mol. The normalized spacial score (nSPS) is 17.4. The van der Waals surface area contributed by atoms with Crippen LogP contribution in [0.25, 0.3) is 0 Å². The highest BCUT2D eigenvalue weighted by molar-refractivity contribution is 9.10. The number of carbonyl (C=O) groups excluding carboxylic acids is 3. The van der Waals surface area contributed by atoms with Gasteiger partial charge in [-0.05, 0) is 51.8 Å². The third-order valence-electron chi connectivity index (χ3n) is 4.97. The van der Waals surface area contributed by atoms with Crippen molar-refractivity contribution >= 4 is 62.8 Å². The number of nitrogens with one attached hydrogen (secondary N) is 2. The van der Waals surface area contributed by atoms with Crippen LogP contribution in [0.1, 0.15) is 11.5 Å². The summed E-state index contributed by atoms with van der Waals surface area (Å²) in [6.07, 6.45) is 0. The minimum atomic E-state index is -1.27. The number of allylic oxidation sites excluding steroid dienone is 1. The van der Waals surface area contributed by atoms with Crippen LogP contribution in [-0.2, 0) is 19.1 Å². The van der Waals surface area contributed by atoms with Crippen LogP contribution in [-0.4, -0.2) is 37.8 Å². The summed E-state index contributed by atoms with van der Waals surface area (Å²) in [6, 6.07) is 13.8. The number of amides is 2. The number of anilines is 1. The summed E-state index contributed by atoms with van der Waals surface area (Å²) in [4.78, 5) is 37.9. The Morgan fingerprint density at radius 1 is 1.26 bits per heavy atom. The fraction of sp³-hybridized carbons (Fsp3) is 0.217. The Morgan fingerprint density at radius 3 is 2.65 bits per heavy atom. The summed E-state index contributed by atoms with van der Waals surface area (Å²) in [6.45, 7) is 0. The zero-order valence-corrected chi connectivity index (χ0v) is 21.2. The molecule has 0 spiro atoms. The van der Waals surface area contributed by atoms with Gasteiger partial charge in [0.2, 0.25) is 11.8 Å². The lowest BCUT2D eigenvalue weighted by molar-refractivity contribution is -0.150. The van der Waals surface area contributed by atoms with Gasteiger partial charge in [0.1, 0.15) is 11.7 Å². The van der Waals surface area contributed by atoms with Gasteiger partial charge >= 0.3 is 5.97 Å². The highest BCUT2D eigenvalue weighted by Gasteiger charge is 2.44. The van der Waals surface area contributed by atoms with Gasteiger partial charge in [0.25, 0.3) is 0 Å². The molecule has 0 radical (unpaired) electrons. The number of rotatable bonds is 7. The van der Waals surface area contributed by atoms with Gasteiger partial charge in [-0.25, -0.2) is 0 Å². The number of methoxy groups -OCH3 is 2. The molecule has 8 nitrogen and oxygen atoms in total. The molecule has 34 heavy (non-hydrogen) atoms. The molecular formula is C23H19BrClN3O5S. The van der Waals surface area contributed by atoms with Gasteiger partial charge in [0, 0.05) is 16.6 Å². The number of hydrogen-bond donors (Lipinski definition) is 2. The molecule has 2 aromatic carbocycles. The van der Waals surface area contributed by atoms with Crippen LogP contribution in [0.5, 0.6) is 5.75 Å². The van der Waals surface area contributed by atoms with E-state index in [1.807, 2.05) is 0 Å². The number of nitrogens with zero attached hydrogens (tertiary/aromatic N) is 1. The first kappa shape index (κ1) is 25.6. The van der Waals surface area contributed by atoms with Crippen molar-refractivity contribution in [2.24, 2.45) is 5.92 Å². The standard InChI is InChI=1S/C23H19BrClN3O5S/c1-32-17-7-6-12(8-16(17)24)19-15(10-26)22(28-21(30)20(19)23(31)33-2)34-11-18(29)27-14-5-3-4-13(25)9-14/h3-9,19-20H,11H2,1-2H3,(H,27,29)(H,28,30)/t19-,20+/m1/s1. The minimum Gasteiger partial charge on any atom is -0.496 e. The third kappa shape index (κ3) is 5.73. The lowest BCUT2D eigenvalue weighted by Crippen LogP contribution is -2.44. The van der Waals surface area contributed by atoms with Crippen molar-refractivity contribution in [1.82, 2.24) is 5.32 Å². The highest BCUT2D eigenvalue weighted by atomic mass is 79.9. The highest BCUT2D eigenvalue weighted by Crippen LogP contribution is 2.42. The lowest BCUT2D eigenvalue weighted by atomic mass is 9.78. The van der Waals surface area contributed by atoms with Gasteiger partial charge in [-0.2, -0.15) is 5.26 Å². The maximum Gasteiger partial charge on any atom is 0.319 e. The first-order valence-electron chi connectivity index (χ1n) is 9.83. The van der Waals surface area contributed by atoms with Gasteiger partial charge in [0.15, 0.2) is 0 Å². The lowest BCUT2D eigenvalue weighted by Gasteiger charge is -2.31. The van der Waals surface area contributed by atoms with Gasteiger partial charge in [-0.1, -0.05) is 35.5 Å². The van der Waals surface area contributed by atoms with Crippen molar-refractivity contribution in [2.75, 3.05) is 25.3 Å². The van der Waals surface area contributed by atoms with E-state index in [9.17, 15) is 19.6 Å². The Hall–Kier alpha value is -3.00. The van der Waals surface area contributed by atoms with E-state index in [4.69, 9.17) is 21.1 Å². The van der Waals surface area contributed by atoms with Gasteiger partial charge < -0.3 is 20.1 Å². The average molecular weight is 565 g/mol. The van der Waals surface area contributed by atoms with Gasteiger partial charge in [0.05, 0.1) is 41.1 Å². The van der Waals surface area contributed by atoms with E-state index in [1.54, 1.807) is 42.5 Å². The zero-order valence-electron chi connectivity index (χ0n) is 18.1. The summed E-state index contributed by atoms with van der Waals surface area (Å²) in [7, 11) is 2.69. The largest absolute Gasteiger partial charge is 0.496 e. The smallest absolute Gasteiger partial charge is 0.319 e. The van der Waals surface area contributed by atoms with Crippen molar-refractivity contribution in [3.8, 4) is 11.8 Å². The Balaban J connectivity index is 1.93. The van der Waals surface area contributed by atoms with Crippen LogP contribution in [0.3, 0.4) is 0 Å². The molecule has 0 fully saturated rings. The molecule has 2 N–H and O–H groups in total. The summed E-state index contributed by atoms with van der Waals surface area (Å²) >= 11 is 10.3. The fourth-order valence-electron chi connectivity index (χ4n) is 3.46. The van der Waals surface area contributed by atoms with Crippen LogP contribution in [0.2, 0.25) is 5.02 Å². The second-order valence-corrected chi connectivity index (χ2v) is 9.34. The van der Waals surface area contributed by atoms with Crippen LogP contribution in [0.15, 0.2) is 57.5 Å². The molecule has 0 aromatic heterocycles. The van der Waals surface area contributed by atoms with Crippen LogP contribution in [0, 0.1) is 17.2 Å². The molecule has 0 unspecified atom stereocenters. The van der Waals surface area contributed by atoms with E-state index in [1.165, 1.54) is 14.2 Å². The third-order valence-corrected chi connectivity index (χ3v) is 6.85. The molecule has 176 valence electrons. The summed E-state index contributed by atoms with van der Waals surface area (Å²) in [5, 5.41) is 15.9. The second kappa shape index (κ2) is 11.4. The van der Waals surface area contributed by atoms with Gasteiger partial charge in [-0.3, -0.25) is 14.4 Å². The number of esters is 1. The Bertz CT molecular complexity index is 1210. The van der Waals surface area contributed by atoms with E-state index in [2.05, 4.69) is 32.6 Å². The van der Waals surface area contributed by atoms with Crippen molar-refractivity contribution in [3.05, 3.63) is 68.1 Å². The predicted molar refractivity (Wildman–Crippen MR) is 132 cm³/mol. The maximum absolute atomic E-state index is 12.9. The molecule has 0 aliphatic carbocycles. The monoisotopic (exact) mass is 563 g/mol. The van der Waals surface area contributed by atoms with Crippen LogP contribution < -0.4 is 15.4 Å². The Morgan fingerprint density at radius 2 is 2.03 bits per heavy atom. The summed E-state index contributed by atoms with van der Waals surface area (Å²) in [5.74, 6) is -3.48. The number of nitriles is 1. The molecule has 3 rings (SSSR count). The SMILES string of the molecule is COC(=O)[C@@H]1C(=O)NC(SCC(=O)Nc2cccc(Cl)c2)=C(C#N)[C@H]1c1ccc(OC)c(Br)c1. The Labute approximate surface area is 213 Å². The maximum atomic E-state index is 12.9. The van der Waals surface area contributed by atoms with Crippen molar-refractivity contribution in [2.45, 2.75) is 5.92 Å². The topological polar surface area (TPSA) is 118 Å². The first-order chi connectivity index (χ1) is 16.3. The Kier molecular flexibility index (Phi) is 8.61. The molecule has 0 saturated heterocycles. The number of thioether (sulfide) groups is 1.